The summed E-state index contributed by atoms with van der Waals surface area (Å²) in [7, 11) is 0. The first kappa shape index (κ1) is 10.1. The maximum Gasteiger partial charge on any atom is 0.294 e. The van der Waals surface area contributed by atoms with E-state index in [4.69, 9.17) is 11.6 Å². The van der Waals surface area contributed by atoms with Crippen molar-refractivity contribution in [2.75, 3.05) is 6.73 Å². The summed E-state index contributed by atoms with van der Waals surface area (Å²) in [5.74, 6) is 0. The van der Waals surface area contributed by atoms with E-state index < -0.39 is 0 Å². The molecule has 0 atom stereocenters. The van der Waals surface area contributed by atoms with E-state index in [0.29, 0.717) is 6.47 Å². The van der Waals surface area contributed by atoms with Crippen LogP contribution in [0.2, 0.25) is 0 Å². The monoisotopic (exact) mass is 223 g/mol. The minimum atomic E-state index is 0.142. The fourth-order valence-electron chi connectivity index (χ4n) is 1.66. The van der Waals surface area contributed by atoms with Crippen LogP contribution in [0.15, 0.2) is 29.3 Å². The van der Waals surface area contributed by atoms with Crippen LogP contribution in [0.5, 0.6) is 0 Å². The van der Waals surface area contributed by atoms with Crippen LogP contribution in [0.4, 0.5) is 0 Å². The molecule has 0 fully saturated rings. The fraction of sp³-hybridized carbons (Fsp3) is 0.182. The molecule has 0 heterocycles. The van der Waals surface area contributed by atoms with Gasteiger partial charge in [-0.15, -0.1) is 0 Å². The molecule has 2 rings (SSSR count). The Kier molecular flexibility index (Phi) is 2.92. The lowest BCUT2D eigenvalue weighted by Gasteiger charge is -2.08. The highest BCUT2D eigenvalue weighted by molar-refractivity contribution is 6.33. The summed E-state index contributed by atoms with van der Waals surface area (Å²) in [6.07, 6.45) is 0.737. The molecule has 78 valence electrons. The van der Waals surface area contributed by atoms with Gasteiger partial charge in [0.15, 0.2) is 6.73 Å². The van der Waals surface area contributed by atoms with E-state index in [1.54, 1.807) is 0 Å². The van der Waals surface area contributed by atoms with Crippen molar-refractivity contribution < 1.29 is 9.53 Å². The van der Waals surface area contributed by atoms with Crippen LogP contribution in [0, 0.1) is 0 Å². The highest BCUT2D eigenvalue weighted by Gasteiger charge is 2.19. The van der Waals surface area contributed by atoms with Gasteiger partial charge in [-0.3, -0.25) is 4.79 Å². The predicted molar refractivity (Wildman–Crippen MR) is 58.1 cm³/mol. The van der Waals surface area contributed by atoms with Gasteiger partial charge in [-0.2, -0.15) is 0 Å². The molecule has 1 aromatic carbocycles. The lowest BCUT2D eigenvalue weighted by molar-refractivity contribution is -0.129. The molecule has 1 aliphatic carbocycles. The predicted octanol–water partition coefficient (Wildman–Crippen LogP) is 1.87. The molecule has 0 aliphatic heterocycles. The van der Waals surface area contributed by atoms with Crippen LogP contribution in [0.1, 0.15) is 11.1 Å². The molecule has 15 heavy (non-hydrogen) atoms. The van der Waals surface area contributed by atoms with Gasteiger partial charge < -0.3 is 10.1 Å². The molecule has 3 nitrogen and oxygen atoms in total. The maximum atomic E-state index is 9.99. The topological polar surface area (TPSA) is 38.3 Å². The van der Waals surface area contributed by atoms with Gasteiger partial charge in [-0.25, -0.2) is 0 Å². The van der Waals surface area contributed by atoms with E-state index in [2.05, 4.69) is 10.1 Å². The quantitative estimate of drug-likeness (QED) is 0.481. The Morgan fingerprint density at radius 3 is 3.07 bits per heavy atom. The SMILES string of the molecule is O=COCNC1=C(Cl)Cc2ccccc21. The third-order valence-corrected chi connectivity index (χ3v) is 2.63. The minimum absolute atomic E-state index is 0.142. The Hall–Kier alpha value is -1.48. The Labute approximate surface area is 92.7 Å². The second-order valence-corrected chi connectivity index (χ2v) is 3.65. The van der Waals surface area contributed by atoms with E-state index in [1.807, 2.05) is 24.3 Å². The van der Waals surface area contributed by atoms with Crippen LogP contribution in [-0.4, -0.2) is 13.2 Å². The van der Waals surface area contributed by atoms with Crippen molar-refractivity contribution in [3.8, 4) is 0 Å². The number of carbonyl (C=O) groups is 1. The number of nitrogens with one attached hydrogen (secondary N) is 1. The highest BCUT2D eigenvalue weighted by atomic mass is 35.5. The van der Waals surface area contributed by atoms with E-state index in [9.17, 15) is 4.79 Å². The summed E-state index contributed by atoms with van der Waals surface area (Å²) >= 11 is 6.10. The molecule has 0 aromatic heterocycles. The molecular formula is C11H10ClNO2. The van der Waals surface area contributed by atoms with E-state index in [-0.39, 0.29) is 6.73 Å². The molecule has 0 amide bonds. The van der Waals surface area contributed by atoms with Crippen LogP contribution in [0.3, 0.4) is 0 Å². The van der Waals surface area contributed by atoms with Gasteiger partial charge in [-0.05, 0) is 5.56 Å². The summed E-state index contributed by atoms with van der Waals surface area (Å²) in [4.78, 5) is 9.99. The number of hydrogen-bond acceptors (Lipinski definition) is 3. The van der Waals surface area contributed by atoms with Crippen molar-refractivity contribution >= 4 is 23.8 Å². The average molecular weight is 224 g/mol. The first-order valence-electron chi connectivity index (χ1n) is 4.59. The third-order valence-electron chi connectivity index (χ3n) is 2.30. The lowest BCUT2D eigenvalue weighted by Crippen LogP contribution is -2.15. The molecule has 0 bridgehead atoms. The minimum Gasteiger partial charge on any atom is -0.447 e. The number of halogens is 1. The molecule has 0 saturated heterocycles. The van der Waals surface area contributed by atoms with Gasteiger partial charge in [0.1, 0.15) is 0 Å². The summed E-state index contributed by atoms with van der Waals surface area (Å²) in [6, 6.07) is 7.96. The van der Waals surface area contributed by atoms with Crippen molar-refractivity contribution in [3.63, 3.8) is 0 Å². The van der Waals surface area contributed by atoms with Crippen molar-refractivity contribution in [1.29, 1.82) is 0 Å². The number of ether oxygens (including phenoxy) is 1. The number of rotatable bonds is 4. The molecule has 1 aliphatic rings. The van der Waals surface area contributed by atoms with Gasteiger partial charge in [0.05, 0.1) is 5.70 Å². The van der Waals surface area contributed by atoms with Crippen LogP contribution in [0.25, 0.3) is 5.70 Å². The number of allylic oxidation sites excluding steroid dienone is 1. The Bertz CT molecular complexity index is 415. The molecule has 0 radical (unpaired) electrons. The zero-order valence-electron chi connectivity index (χ0n) is 8.00. The normalized spacial score (nSPS) is 13.7. The largest absolute Gasteiger partial charge is 0.447 e. The van der Waals surface area contributed by atoms with Crippen LogP contribution in [-0.2, 0) is 16.0 Å². The molecule has 1 N–H and O–H groups in total. The van der Waals surface area contributed by atoms with E-state index in [1.165, 1.54) is 5.56 Å². The molecule has 4 heteroatoms. The standard InChI is InChI=1S/C11H10ClNO2/c12-10-5-8-3-1-2-4-9(8)11(10)13-6-15-7-14/h1-4,7,13H,5-6H2. The van der Waals surface area contributed by atoms with Crippen LogP contribution < -0.4 is 5.32 Å². The summed E-state index contributed by atoms with van der Waals surface area (Å²) < 4.78 is 4.57. The second kappa shape index (κ2) is 4.36. The van der Waals surface area contributed by atoms with Crippen molar-refractivity contribution in [3.05, 3.63) is 40.4 Å². The van der Waals surface area contributed by atoms with Crippen LogP contribution >= 0.6 is 11.6 Å². The third kappa shape index (κ3) is 1.97. The van der Waals surface area contributed by atoms with Gasteiger partial charge in [0.2, 0.25) is 0 Å². The van der Waals surface area contributed by atoms with Gasteiger partial charge >= 0.3 is 0 Å². The smallest absolute Gasteiger partial charge is 0.294 e. The fourth-order valence-corrected chi connectivity index (χ4v) is 1.97. The molecular weight excluding hydrogens is 214 g/mol. The van der Waals surface area contributed by atoms with E-state index >= 15 is 0 Å². The first-order valence-corrected chi connectivity index (χ1v) is 4.97. The summed E-state index contributed by atoms with van der Waals surface area (Å²) in [5, 5.41) is 3.74. The first-order chi connectivity index (χ1) is 7.33. The summed E-state index contributed by atoms with van der Waals surface area (Å²) in [6.45, 7) is 0.547. The Morgan fingerprint density at radius 2 is 2.27 bits per heavy atom. The van der Waals surface area contributed by atoms with Gasteiger partial charge in [0.25, 0.3) is 6.47 Å². The zero-order chi connectivity index (χ0) is 10.7. The zero-order valence-corrected chi connectivity index (χ0v) is 8.75. The lowest BCUT2D eigenvalue weighted by atomic mass is 10.1. The molecule has 1 aromatic rings. The maximum absolute atomic E-state index is 9.99. The molecule has 0 spiro atoms. The number of benzene rings is 1. The Morgan fingerprint density at radius 1 is 1.47 bits per heavy atom. The average Bonchev–Trinajstić information content (AvgIpc) is 2.56. The molecule has 0 saturated carbocycles. The molecule has 0 unspecified atom stereocenters. The van der Waals surface area contributed by atoms with E-state index in [0.717, 1.165) is 22.7 Å². The number of hydrogen-bond donors (Lipinski definition) is 1. The van der Waals surface area contributed by atoms with Crippen molar-refractivity contribution in [2.45, 2.75) is 6.42 Å². The van der Waals surface area contributed by atoms with Crippen molar-refractivity contribution in [2.24, 2.45) is 0 Å². The number of fused-ring (bicyclic) bond motifs is 1. The second-order valence-electron chi connectivity index (χ2n) is 3.20. The highest BCUT2D eigenvalue weighted by Crippen LogP contribution is 2.32. The van der Waals surface area contributed by atoms with Gasteiger partial charge in [-0.1, -0.05) is 35.9 Å². The van der Waals surface area contributed by atoms with Gasteiger partial charge in [0, 0.05) is 17.0 Å². The van der Waals surface area contributed by atoms with Crippen molar-refractivity contribution in [1.82, 2.24) is 5.32 Å². The number of carbonyl (C=O) groups excluding carboxylic acids is 1. The Balaban J connectivity index is 2.16. The summed E-state index contributed by atoms with van der Waals surface area (Å²) in [5.41, 5.74) is 3.13.